The minimum atomic E-state index is -3.59. The summed E-state index contributed by atoms with van der Waals surface area (Å²) in [6.07, 6.45) is 2.41. The minimum Gasteiger partial charge on any atom is -0.391 e. The van der Waals surface area contributed by atoms with Crippen LogP contribution in [-0.2, 0) is 23.1 Å². The lowest BCUT2D eigenvalue weighted by Crippen LogP contribution is -2.26. The molecule has 9 heteroatoms. The SMILES string of the molecule is CN(c1cccc2c1NC(c1ncc(CO)s1)C2)S(=O)(=O)c1cccs1. The summed E-state index contributed by atoms with van der Waals surface area (Å²) < 4.78 is 27.4. The third kappa shape index (κ3) is 2.90. The van der Waals surface area contributed by atoms with Crippen molar-refractivity contribution in [3.63, 3.8) is 0 Å². The average Bonchev–Trinajstić information content (AvgIpc) is 3.39. The van der Waals surface area contributed by atoms with Crippen molar-refractivity contribution >= 4 is 44.1 Å². The van der Waals surface area contributed by atoms with Crippen LogP contribution in [0.4, 0.5) is 11.4 Å². The van der Waals surface area contributed by atoms with E-state index in [1.807, 2.05) is 12.1 Å². The Morgan fingerprint density at radius 1 is 1.35 bits per heavy atom. The van der Waals surface area contributed by atoms with Crippen LogP contribution in [0.1, 0.15) is 21.5 Å². The van der Waals surface area contributed by atoms with Crippen LogP contribution in [0.5, 0.6) is 0 Å². The fraction of sp³-hybridized carbons (Fsp3) is 0.235. The molecule has 1 aliphatic rings. The molecule has 0 amide bonds. The Hall–Kier alpha value is -1.94. The fourth-order valence-electron chi connectivity index (χ4n) is 3.01. The molecular weight excluding hydrogens is 390 g/mol. The summed E-state index contributed by atoms with van der Waals surface area (Å²) in [4.78, 5) is 5.20. The van der Waals surface area contributed by atoms with Gasteiger partial charge in [-0.25, -0.2) is 13.4 Å². The molecule has 1 atom stereocenters. The van der Waals surface area contributed by atoms with Crippen molar-refractivity contribution in [2.24, 2.45) is 0 Å². The average molecular weight is 408 g/mol. The number of aliphatic hydroxyl groups excluding tert-OH is 1. The molecule has 0 saturated heterocycles. The van der Waals surface area contributed by atoms with E-state index in [-0.39, 0.29) is 12.6 Å². The maximum absolute atomic E-state index is 12.9. The molecule has 0 aliphatic carbocycles. The number of nitrogens with zero attached hydrogens (tertiary/aromatic N) is 2. The van der Waals surface area contributed by atoms with Gasteiger partial charge in [-0.15, -0.1) is 22.7 Å². The van der Waals surface area contributed by atoms with Crippen LogP contribution in [0.25, 0.3) is 0 Å². The highest BCUT2D eigenvalue weighted by Crippen LogP contribution is 2.42. The maximum Gasteiger partial charge on any atom is 0.273 e. The summed E-state index contributed by atoms with van der Waals surface area (Å²) in [5.41, 5.74) is 2.50. The molecule has 0 bridgehead atoms. The number of aliphatic hydroxyl groups is 1. The number of hydrogen-bond acceptors (Lipinski definition) is 7. The van der Waals surface area contributed by atoms with E-state index in [2.05, 4.69) is 10.3 Å². The summed E-state index contributed by atoms with van der Waals surface area (Å²) in [7, 11) is -2.01. The molecule has 136 valence electrons. The molecule has 0 fully saturated rings. The first kappa shape index (κ1) is 17.5. The lowest BCUT2D eigenvalue weighted by molar-refractivity contribution is 0.285. The van der Waals surface area contributed by atoms with Crippen molar-refractivity contribution in [1.29, 1.82) is 0 Å². The molecule has 0 spiro atoms. The van der Waals surface area contributed by atoms with Gasteiger partial charge in [-0.3, -0.25) is 4.31 Å². The summed E-state index contributed by atoms with van der Waals surface area (Å²) in [6.45, 7) is -0.0234. The van der Waals surface area contributed by atoms with Crippen molar-refractivity contribution < 1.29 is 13.5 Å². The molecule has 2 N–H and O–H groups in total. The van der Waals surface area contributed by atoms with Crippen LogP contribution in [0.2, 0.25) is 0 Å². The molecule has 1 aromatic carbocycles. The van der Waals surface area contributed by atoms with Crippen molar-refractivity contribution in [3.8, 4) is 0 Å². The smallest absolute Gasteiger partial charge is 0.273 e. The number of thiazole rings is 1. The molecule has 0 saturated carbocycles. The van der Waals surface area contributed by atoms with Crippen LogP contribution < -0.4 is 9.62 Å². The van der Waals surface area contributed by atoms with E-state index in [9.17, 15) is 13.5 Å². The van der Waals surface area contributed by atoms with Gasteiger partial charge < -0.3 is 10.4 Å². The second kappa shape index (κ2) is 6.66. The monoisotopic (exact) mass is 407 g/mol. The lowest BCUT2D eigenvalue weighted by atomic mass is 10.1. The predicted molar refractivity (Wildman–Crippen MR) is 104 cm³/mol. The van der Waals surface area contributed by atoms with E-state index >= 15 is 0 Å². The number of benzene rings is 1. The van der Waals surface area contributed by atoms with Crippen molar-refractivity contribution in [2.45, 2.75) is 23.3 Å². The lowest BCUT2D eigenvalue weighted by Gasteiger charge is -2.21. The molecule has 26 heavy (non-hydrogen) atoms. The van der Waals surface area contributed by atoms with Crippen molar-refractivity contribution in [2.75, 3.05) is 16.7 Å². The number of thiophene rings is 1. The zero-order chi connectivity index (χ0) is 18.3. The summed E-state index contributed by atoms with van der Waals surface area (Å²) in [5, 5.41) is 15.3. The quantitative estimate of drug-likeness (QED) is 0.679. The number of nitrogens with one attached hydrogen (secondary N) is 1. The second-order valence-electron chi connectivity index (χ2n) is 5.94. The molecule has 0 radical (unpaired) electrons. The molecule has 3 heterocycles. The number of para-hydroxylation sites is 1. The van der Waals surface area contributed by atoms with Crippen LogP contribution in [-0.4, -0.2) is 25.6 Å². The normalized spacial score (nSPS) is 16.3. The van der Waals surface area contributed by atoms with Gasteiger partial charge >= 0.3 is 0 Å². The van der Waals surface area contributed by atoms with Gasteiger partial charge in [0.05, 0.1) is 28.9 Å². The van der Waals surface area contributed by atoms with Gasteiger partial charge in [0.1, 0.15) is 9.22 Å². The molecule has 3 aromatic rings. The second-order valence-corrected chi connectivity index (χ2v) is 10.2. The summed E-state index contributed by atoms with van der Waals surface area (Å²) in [5.74, 6) is 0. The first-order valence-electron chi connectivity index (χ1n) is 7.97. The minimum absolute atomic E-state index is 0.0192. The topological polar surface area (TPSA) is 82.5 Å². The molecule has 6 nitrogen and oxygen atoms in total. The number of rotatable bonds is 5. The van der Waals surface area contributed by atoms with E-state index in [0.717, 1.165) is 27.6 Å². The van der Waals surface area contributed by atoms with Crippen LogP contribution in [0.3, 0.4) is 0 Å². The van der Waals surface area contributed by atoms with Gasteiger partial charge in [0.25, 0.3) is 10.0 Å². The third-order valence-electron chi connectivity index (χ3n) is 4.35. The maximum atomic E-state index is 12.9. The zero-order valence-corrected chi connectivity index (χ0v) is 16.4. The van der Waals surface area contributed by atoms with E-state index < -0.39 is 10.0 Å². The number of anilines is 2. The Labute approximate surface area is 159 Å². The van der Waals surface area contributed by atoms with Crippen molar-refractivity contribution in [3.05, 3.63) is 57.4 Å². The first-order chi connectivity index (χ1) is 12.5. The molecule has 1 unspecified atom stereocenters. The Balaban J connectivity index is 1.67. The van der Waals surface area contributed by atoms with E-state index in [4.69, 9.17) is 0 Å². The van der Waals surface area contributed by atoms with Gasteiger partial charge in [-0.1, -0.05) is 18.2 Å². The highest BCUT2D eigenvalue weighted by molar-refractivity contribution is 7.94. The summed E-state index contributed by atoms with van der Waals surface area (Å²) >= 11 is 2.67. The Morgan fingerprint density at radius 3 is 2.88 bits per heavy atom. The number of fused-ring (bicyclic) bond motifs is 1. The number of aromatic nitrogens is 1. The van der Waals surface area contributed by atoms with Gasteiger partial charge in [-0.2, -0.15) is 0 Å². The Morgan fingerprint density at radius 2 is 2.19 bits per heavy atom. The number of sulfonamides is 1. The third-order valence-corrected chi connectivity index (χ3v) is 8.59. The van der Waals surface area contributed by atoms with E-state index in [0.29, 0.717) is 9.90 Å². The van der Waals surface area contributed by atoms with Gasteiger partial charge in [0.2, 0.25) is 0 Å². The number of hydrogen-bond donors (Lipinski definition) is 2. The molecule has 1 aliphatic heterocycles. The van der Waals surface area contributed by atoms with Gasteiger partial charge in [0.15, 0.2) is 0 Å². The van der Waals surface area contributed by atoms with Crippen molar-refractivity contribution in [1.82, 2.24) is 4.98 Å². The van der Waals surface area contributed by atoms with E-state index in [1.165, 1.54) is 27.0 Å². The van der Waals surface area contributed by atoms with Crippen LogP contribution in [0.15, 0.2) is 46.1 Å². The highest BCUT2D eigenvalue weighted by Gasteiger charge is 2.31. The van der Waals surface area contributed by atoms with Crippen LogP contribution >= 0.6 is 22.7 Å². The Kier molecular flexibility index (Phi) is 4.47. The van der Waals surface area contributed by atoms with Gasteiger partial charge in [-0.05, 0) is 23.1 Å². The zero-order valence-electron chi connectivity index (χ0n) is 13.9. The van der Waals surface area contributed by atoms with E-state index in [1.54, 1.807) is 36.8 Å². The molecule has 2 aromatic heterocycles. The van der Waals surface area contributed by atoms with Gasteiger partial charge in [0, 0.05) is 19.7 Å². The Bertz CT molecular complexity index is 1030. The summed E-state index contributed by atoms with van der Waals surface area (Å²) in [6, 6.07) is 9.00. The predicted octanol–water partition coefficient (Wildman–Crippen LogP) is 3.23. The molecular formula is C17H17N3O3S3. The van der Waals surface area contributed by atoms with Crippen LogP contribution in [0, 0.1) is 0 Å². The molecule has 4 rings (SSSR count). The first-order valence-corrected chi connectivity index (χ1v) is 11.1. The highest BCUT2D eigenvalue weighted by atomic mass is 32.2. The standard InChI is InChI=1S/C17H17N3O3S3/c1-20(26(22,23)15-6-3-7-24-15)14-5-2-4-11-8-13(19-16(11)14)17-18-9-12(10-21)25-17/h2-7,9,13,19,21H,8,10H2,1H3. The fourth-order valence-corrected chi connectivity index (χ4v) is 6.21. The largest absolute Gasteiger partial charge is 0.391 e.